The zero-order chi connectivity index (χ0) is 21.4. The van der Waals surface area contributed by atoms with Crippen LogP contribution in [0.5, 0.6) is 5.75 Å². The van der Waals surface area contributed by atoms with Crippen LogP contribution < -0.4 is 20.8 Å². The molecule has 0 aliphatic rings. The van der Waals surface area contributed by atoms with Gasteiger partial charge in [-0.05, 0) is 55.3 Å². The molecule has 3 amide bonds. The second-order valence-electron chi connectivity index (χ2n) is 6.17. The first-order valence-corrected chi connectivity index (χ1v) is 9.43. The van der Waals surface area contributed by atoms with Crippen molar-refractivity contribution in [1.82, 2.24) is 10.7 Å². The van der Waals surface area contributed by atoms with Crippen molar-refractivity contribution >= 4 is 45.6 Å². The van der Waals surface area contributed by atoms with E-state index in [0.29, 0.717) is 17.0 Å². The molecule has 29 heavy (non-hydrogen) atoms. The van der Waals surface area contributed by atoms with Gasteiger partial charge in [0.15, 0.2) is 6.61 Å². The number of aryl methyl sites for hydroxylation is 2. The molecule has 2 rings (SSSR count). The highest BCUT2D eigenvalue weighted by atomic mass is 79.9. The number of hydrazone groups is 1. The van der Waals surface area contributed by atoms with Crippen LogP contribution in [-0.2, 0) is 14.4 Å². The lowest BCUT2D eigenvalue weighted by molar-refractivity contribution is -0.138. The molecule has 0 radical (unpaired) electrons. The number of ether oxygens (including phenoxy) is 1. The maximum absolute atomic E-state index is 12.2. The maximum Gasteiger partial charge on any atom is 0.329 e. The van der Waals surface area contributed by atoms with Gasteiger partial charge in [-0.25, -0.2) is 5.43 Å². The zero-order valence-electron chi connectivity index (χ0n) is 16.2. The van der Waals surface area contributed by atoms with Crippen molar-refractivity contribution in [2.45, 2.75) is 13.8 Å². The molecule has 0 saturated carbocycles. The number of nitrogens with one attached hydrogen (secondary N) is 3. The van der Waals surface area contributed by atoms with Crippen molar-refractivity contribution in [2.24, 2.45) is 5.10 Å². The van der Waals surface area contributed by atoms with Crippen LogP contribution in [0.25, 0.3) is 0 Å². The summed E-state index contributed by atoms with van der Waals surface area (Å²) >= 11 is 3.34. The van der Waals surface area contributed by atoms with Crippen LogP contribution in [0, 0.1) is 13.8 Å². The number of hydrogen-bond acceptors (Lipinski definition) is 5. The van der Waals surface area contributed by atoms with E-state index < -0.39 is 11.8 Å². The fourth-order valence-corrected chi connectivity index (χ4v) is 2.84. The molecule has 3 N–H and O–H groups in total. The molecular weight excluding hydrogens is 440 g/mol. The van der Waals surface area contributed by atoms with Gasteiger partial charge in [0.05, 0.1) is 6.21 Å². The van der Waals surface area contributed by atoms with E-state index in [1.807, 2.05) is 32.0 Å². The summed E-state index contributed by atoms with van der Waals surface area (Å²) < 4.78 is 6.35. The Morgan fingerprint density at radius 3 is 2.41 bits per heavy atom. The first-order chi connectivity index (χ1) is 13.8. The fourth-order valence-electron chi connectivity index (χ4n) is 2.46. The minimum Gasteiger partial charge on any atom is -0.483 e. The number of amides is 3. The van der Waals surface area contributed by atoms with E-state index in [9.17, 15) is 14.4 Å². The van der Waals surface area contributed by atoms with Crippen LogP contribution in [-0.4, -0.2) is 37.6 Å². The molecule has 0 aromatic heterocycles. The third-order valence-electron chi connectivity index (χ3n) is 3.64. The Morgan fingerprint density at radius 1 is 1.07 bits per heavy atom. The van der Waals surface area contributed by atoms with Crippen LogP contribution in [0.15, 0.2) is 46.0 Å². The molecular formula is C20H21BrN4O4. The summed E-state index contributed by atoms with van der Waals surface area (Å²) in [5, 5.41) is 8.73. The quantitative estimate of drug-likeness (QED) is 0.349. The third kappa shape index (κ3) is 7.04. The minimum atomic E-state index is -0.894. The zero-order valence-corrected chi connectivity index (χ0v) is 17.8. The van der Waals surface area contributed by atoms with Gasteiger partial charge in [0.1, 0.15) is 5.75 Å². The SMILES string of the molecule is CNC(=O)C(=O)N/N=C\c1cc(Br)ccc1OCC(=O)Nc1cc(C)cc(C)c1. The number of anilines is 1. The number of benzene rings is 2. The monoisotopic (exact) mass is 460 g/mol. The van der Waals surface area contributed by atoms with Crippen LogP contribution in [0.3, 0.4) is 0 Å². The summed E-state index contributed by atoms with van der Waals surface area (Å²) in [4.78, 5) is 34.8. The van der Waals surface area contributed by atoms with Crippen LogP contribution in [0.1, 0.15) is 16.7 Å². The standard InChI is InChI=1S/C20H21BrN4O4/c1-12-6-13(2)8-16(7-12)24-18(26)11-29-17-5-4-15(21)9-14(17)10-23-25-20(28)19(27)22-3/h4-10H,11H2,1-3H3,(H,22,27)(H,24,26)(H,25,28)/b23-10-. The number of likely N-dealkylation sites (N-methyl/N-ethyl adjacent to an activating group) is 1. The van der Waals surface area contributed by atoms with E-state index in [-0.39, 0.29) is 12.5 Å². The van der Waals surface area contributed by atoms with E-state index >= 15 is 0 Å². The molecule has 0 spiro atoms. The van der Waals surface area contributed by atoms with Gasteiger partial charge in [-0.1, -0.05) is 22.0 Å². The van der Waals surface area contributed by atoms with Crippen LogP contribution in [0.2, 0.25) is 0 Å². The topological polar surface area (TPSA) is 109 Å². The Bertz CT molecular complexity index is 939. The number of carbonyl (C=O) groups is 3. The molecule has 152 valence electrons. The van der Waals surface area contributed by atoms with Crippen molar-refractivity contribution < 1.29 is 19.1 Å². The second-order valence-corrected chi connectivity index (χ2v) is 7.09. The fraction of sp³-hybridized carbons (Fsp3) is 0.200. The van der Waals surface area contributed by atoms with E-state index in [1.54, 1.807) is 18.2 Å². The number of carbonyl (C=O) groups excluding carboxylic acids is 3. The van der Waals surface area contributed by atoms with Crippen molar-refractivity contribution in [1.29, 1.82) is 0 Å². The number of nitrogens with zero attached hydrogens (tertiary/aromatic N) is 1. The van der Waals surface area contributed by atoms with E-state index in [0.717, 1.165) is 15.6 Å². The summed E-state index contributed by atoms with van der Waals surface area (Å²) in [5.41, 5.74) is 5.41. The van der Waals surface area contributed by atoms with Gasteiger partial charge in [0.25, 0.3) is 5.91 Å². The Balaban J connectivity index is 2.02. The van der Waals surface area contributed by atoms with Gasteiger partial charge < -0.3 is 15.4 Å². The molecule has 0 aliphatic heterocycles. The van der Waals surface area contributed by atoms with E-state index in [4.69, 9.17) is 4.74 Å². The Morgan fingerprint density at radius 2 is 1.76 bits per heavy atom. The minimum absolute atomic E-state index is 0.208. The average Bonchev–Trinajstić information content (AvgIpc) is 2.65. The van der Waals surface area contributed by atoms with Gasteiger partial charge in [-0.3, -0.25) is 14.4 Å². The van der Waals surface area contributed by atoms with Gasteiger partial charge in [-0.2, -0.15) is 5.10 Å². The Hall–Kier alpha value is -3.20. The van der Waals surface area contributed by atoms with Crippen LogP contribution >= 0.6 is 15.9 Å². The molecule has 0 atom stereocenters. The first kappa shape index (κ1) is 22.1. The Kier molecular flexibility index (Phi) is 7.90. The van der Waals surface area contributed by atoms with Gasteiger partial charge in [0.2, 0.25) is 0 Å². The van der Waals surface area contributed by atoms with E-state index in [2.05, 4.69) is 37.1 Å². The molecule has 0 bridgehead atoms. The average molecular weight is 461 g/mol. The highest BCUT2D eigenvalue weighted by Gasteiger charge is 2.10. The molecule has 0 unspecified atom stereocenters. The van der Waals surface area contributed by atoms with Gasteiger partial charge >= 0.3 is 11.8 Å². The molecule has 0 fully saturated rings. The summed E-state index contributed by atoms with van der Waals surface area (Å²) in [7, 11) is 1.34. The predicted octanol–water partition coefficient (Wildman–Crippen LogP) is 2.28. The normalized spacial score (nSPS) is 10.5. The summed E-state index contributed by atoms with van der Waals surface area (Å²) in [6.45, 7) is 3.70. The second kappa shape index (κ2) is 10.4. The van der Waals surface area contributed by atoms with Gasteiger partial charge in [0, 0.05) is 22.8 Å². The lowest BCUT2D eigenvalue weighted by Gasteiger charge is -2.11. The highest BCUT2D eigenvalue weighted by Crippen LogP contribution is 2.22. The van der Waals surface area contributed by atoms with Crippen molar-refractivity contribution in [2.75, 3.05) is 19.0 Å². The molecule has 0 aliphatic carbocycles. The predicted molar refractivity (Wildman–Crippen MR) is 114 cm³/mol. The largest absolute Gasteiger partial charge is 0.483 e. The van der Waals surface area contributed by atoms with Gasteiger partial charge in [-0.15, -0.1) is 0 Å². The molecule has 0 heterocycles. The molecule has 8 nitrogen and oxygen atoms in total. The number of hydrogen-bond donors (Lipinski definition) is 3. The smallest absolute Gasteiger partial charge is 0.329 e. The lowest BCUT2D eigenvalue weighted by atomic mass is 10.1. The number of rotatable bonds is 6. The summed E-state index contributed by atoms with van der Waals surface area (Å²) in [5.74, 6) is -1.62. The highest BCUT2D eigenvalue weighted by molar-refractivity contribution is 9.10. The molecule has 2 aromatic carbocycles. The third-order valence-corrected chi connectivity index (χ3v) is 4.13. The molecule has 2 aromatic rings. The molecule has 0 saturated heterocycles. The van der Waals surface area contributed by atoms with Crippen molar-refractivity contribution in [3.05, 3.63) is 57.6 Å². The van der Waals surface area contributed by atoms with Crippen molar-refractivity contribution in [3.63, 3.8) is 0 Å². The lowest BCUT2D eigenvalue weighted by Crippen LogP contribution is -2.35. The summed E-state index contributed by atoms with van der Waals surface area (Å²) in [6, 6.07) is 10.9. The maximum atomic E-state index is 12.2. The molecule has 9 heteroatoms. The van der Waals surface area contributed by atoms with Crippen LogP contribution in [0.4, 0.5) is 5.69 Å². The first-order valence-electron chi connectivity index (χ1n) is 8.64. The number of halogens is 1. The Labute approximate surface area is 176 Å². The van der Waals surface area contributed by atoms with Crippen molar-refractivity contribution in [3.8, 4) is 5.75 Å². The summed E-state index contributed by atoms with van der Waals surface area (Å²) in [6.07, 6.45) is 1.32. The van der Waals surface area contributed by atoms with E-state index in [1.165, 1.54) is 13.3 Å².